The number of hydrogen-bond acceptors (Lipinski definition) is 15. The Kier molecular flexibility index (Phi) is 64.8. The van der Waals surface area contributed by atoms with Gasteiger partial charge in [0.1, 0.15) is 30.2 Å². The van der Waals surface area contributed by atoms with Gasteiger partial charge in [-0.25, -0.2) is 0 Å². The highest BCUT2D eigenvalue weighted by molar-refractivity contribution is 5.64. The summed E-state index contributed by atoms with van der Waals surface area (Å²) in [6, 6.07) is 11.3. The van der Waals surface area contributed by atoms with Crippen LogP contribution in [0.5, 0.6) is 5.75 Å². The third-order valence-electron chi connectivity index (χ3n) is 9.25. The molecule has 71 heavy (non-hydrogen) atoms. The Morgan fingerprint density at radius 3 is 1.73 bits per heavy atom. The van der Waals surface area contributed by atoms with Crippen molar-refractivity contribution in [2.24, 2.45) is 23.3 Å². The Balaban J connectivity index is -0.000000186. The van der Waals surface area contributed by atoms with E-state index in [4.69, 9.17) is 61.5 Å². The molecule has 0 aromatic heterocycles. The van der Waals surface area contributed by atoms with E-state index in [1.165, 1.54) is 75.7 Å². The van der Waals surface area contributed by atoms with Crippen LogP contribution in [0, 0.1) is 33.3 Å². The van der Waals surface area contributed by atoms with Crippen molar-refractivity contribution in [1.29, 1.82) is 5.26 Å². The number of unbranched alkanes of at least 4 members (excludes halogenated alkanes) is 3. The average Bonchev–Trinajstić information content (AvgIpc) is 3.40. The van der Waals surface area contributed by atoms with E-state index in [0.29, 0.717) is 62.0 Å². The summed E-state index contributed by atoms with van der Waals surface area (Å²) in [5, 5.41) is 18.7. The smallest absolute Gasteiger partial charge is 0.270 e. The third-order valence-corrected chi connectivity index (χ3v) is 9.25. The molecule has 0 fully saturated rings. The van der Waals surface area contributed by atoms with Crippen LogP contribution in [0.1, 0.15) is 119 Å². The number of hydrogen-bond donors (Lipinski definition) is 4. The maximum Gasteiger partial charge on any atom is 0.270 e. The minimum Gasteiger partial charge on any atom is -0.496 e. The number of carbonyl (C=O) groups is 2. The summed E-state index contributed by atoms with van der Waals surface area (Å²) in [6.45, 7) is 36.0. The highest BCUT2D eigenvalue weighted by Crippen LogP contribution is 2.27. The molecule has 0 aliphatic heterocycles. The van der Waals surface area contributed by atoms with Gasteiger partial charge in [-0.15, -0.1) is 6.58 Å². The summed E-state index contributed by atoms with van der Waals surface area (Å²) in [5.74, 6) is 2.78. The maximum absolute atomic E-state index is 10.2. The molecule has 2 unspecified atom stereocenters. The summed E-state index contributed by atoms with van der Waals surface area (Å²) in [4.78, 5) is 30.0. The van der Waals surface area contributed by atoms with E-state index in [1.807, 2.05) is 52.0 Å². The molecule has 0 aliphatic carbocycles. The van der Waals surface area contributed by atoms with Gasteiger partial charge in [-0.3, -0.25) is 19.7 Å². The number of non-ortho nitro benzene ring substituents is 1. The Morgan fingerprint density at radius 2 is 1.32 bits per heavy atom. The first-order chi connectivity index (χ1) is 34.2. The average molecular weight is 1000 g/mol. The van der Waals surface area contributed by atoms with Gasteiger partial charge in [0.2, 0.25) is 0 Å². The predicted octanol–water partition coefficient (Wildman–Crippen LogP) is 11.6. The predicted molar refractivity (Wildman–Crippen MR) is 299 cm³/mol. The number of methoxy groups -OCH3 is 3. The van der Waals surface area contributed by atoms with E-state index in [2.05, 4.69) is 58.9 Å². The number of benzene rings is 2. The van der Waals surface area contributed by atoms with Crippen molar-refractivity contribution >= 4 is 35.3 Å². The van der Waals surface area contributed by atoms with Crippen LogP contribution in [0.25, 0.3) is 0 Å². The van der Waals surface area contributed by atoms with Crippen molar-refractivity contribution in [1.82, 2.24) is 0 Å². The number of nitrogen functional groups attached to an aromatic ring is 2. The van der Waals surface area contributed by atoms with Gasteiger partial charge in [-0.1, -0.05) is 126 Å². The standard InChI is InChI=1S/C14H28N2O.C13H22N2O3.C11H22O.C7H5N3O2.2C3H4O.2C2H6/c1-4-6-7-8-13(5-2)11-17-14(10-15)9-12(3)16;1-16-8-6-15(7-9-17-2)11-4-5-12(14)13(10-11)18-3;1-4-7-8-11(6-3)10-12-9-5-2;8-4-5-3-6(10(11)12)1-2-7(5)9;2*1-2-3-4;2*1-2/h9,13H,3-8,10-11,15-16H2,1-2H3;4-5,10H,6-9,14H2,1-3H3;5,11H,2,4,6-10H2,1,3H3;1-3H,9H2;2*2-3H,1H2;2*1-2H3/b14-9+;;;;;;;. The fraction of sp³-hybridized carbons (Fsp3) is 0.545. The largest absolute Gasteiger partial charge is 0.496 e. The van der Waals surface area contributed by atoms with Crippen molar-refractivity contribution in [3.8, 4) is 11.8 Å². The molecule has 16 nitrogen and oxygen atoms in total. The number of rotatable bonds is 29. The molecule has 2 aromatic carbocycles. The number of nitrogens with zero attached hydrogens (tertiary/aromatic N) is 3. The SMILES string of the molecule is C=C(N)/C=C(\CN)OCC(CC)CCCCC.C=CC=O.C=CC=O.C=CCOCC(CC)CCCC.CC.CC.COCCN(CCOC)c1ccc(N)c(OC)c1.N#Cc1cc([N+](=O)[O-])ccc1N. The number of carbonyl (C=O) groups excluding carboxylic acids is 2. The van der Waals surface area contributed by atoms with Crippen LogP contribution in [0.4, 0.5) is 22.7 Å². The van der Waals surface area contributed by atoms with Crippen LogP contribution in [0.2, 0.25) is 0 Å². The molecule has 0 saturated heterocycles. The summed E-state index contributed by atoms with van der Waals surface area (Å²) in [6.07, 6.45) is 18.6. The van der Waals surface area contributed by atoms with Gasteiger partial charge in [-0.05, 0) is 61.1 Å². The minimum atomic E-state index is -0.569. The molecule has 0 amide bonds. The Hall–Kier alpha value is -5.99. The van der Waals surface area contributed by atoms with Crippen molar-refractivity contribution in [3.63, 3.8) is 0 Å². The number of anilines is 3. The van der Waals surface area contributed by atoms with Gasteiger partial charge in [0, 0.05) is 69.2 Å². The molecular weight excluding hydrogens is 903 g/mol. The number of allylic oxidation sites excluding steroid dienone is 3. The van der Waals surface area contributed by atoms with Gasteiger partial charge >= 0.3 is 0 Å². The van der Waals surface area contributed by atoms with E-state index < -0.39 is 4.92 Å². The maximum atomic E-state index is 10.2. The van der Waals surface area contributed by atoms with E-state index in [-0.39, 0.29) is 16.9 Å². The van der Waals surface area contributed by atoms with Crippen molar-refractivity contribution < 1.29 is 38.2 Å². The molecule has 2 aromatic rings. The molecule has 0 bridgehead atoms. The second kappa shape index (κ2) is 60.1. The van der Waals surface area contributed by atoms with E-state index in [9.17, 15) is 10.1 Å². The topological polar surface area (TPSA) is 255 Å². The molecule has 8 N–H and O–H groups in total. The van der Waals surface area contributed by atoms with Crippen LogP contribution >= 0.6 is 0 Å². The molecule has 406 valence electrons. The van der Waals surface area contributed by atoms with Crippen LogP contribution in [0.3, 0.4) is 0 Å². The second-order valence-electron chi connectivity index (χ2n) is 14.5. The van der Waals surface area contributed by atoms with Gasteiger partial charge < -0.3 is 51.5 Å². The lowest BCUT2D eigenvalue weighted by molar-refractivity contribution is -0.384. The molecule has 0 spiro atoms. The van der Waals surface area contributed by atoms with Crippen LogP contribution < -0.4 is 32.6 Å². The lowest BCUT2D eigenvalue weighted by atomic mass is 10.00. The number of aldehydes is 2. The van der Waals surface area contributed by atoms with E-state index >= 15 is 0 Å². The molecule has 0 aliphatic rings. The summed E-state index contributed by atoms with van der Waals surface area (Å²) in [7, 11) is 5.00. The number of nitrogens with two attached hydrogens (primary N) is 4. The zero-order valence-corrected chi connectivity index (χ0v) is 45.8. The zero-order valence-electron chi connectivity index (χ0n) is 45.8. The van der Waals surface area contributed by atoms with Gasteiger partial charge in [0.15, 0.2) is 0 Å². The van der Waals surface area contributed by atoms with Crippen molar-refractivity contribution in [2.45, 2.75) is 113 Å². The Bertz CT molecular complexity index is 1650. The fourth-order valence-electron chi connectivity index (χ4n) is 5.32. The van der Waals surface area contributed by atoms with Gasteiger partial charge in [0.05, 0.1) is 56.3 Å². The first kappa shape index (κ1) is 76.5. The second-order valence-corrected chi connectivity index (χ2v) is 14.5. The number of nitriles is 1. The molecule has 0 heterocycles. The molecular formula is C55H97N7O9. The number of nitro groups is 1. The molecule has 0 radical (unpaired) electrons. The Morgan fingerprint density at radius 1 is 0.817 bits per heavy atom. The molecule has 2 rings (SSSR count). The lowest BCUT2D eigenvalue weighted by Crippen LogP contribution is -2.30. The normalized spacial score (nSPS) is 10.3. The number of ether oxygens (including phenoxy) is 5. The van der Waals surface area contributed by atoms with Crippen LogP contribution in [-0.2, 0) is 28.5 Å². The summed E-state index contributed by atoms with van der Waals surface area (Å²) < 4.78 is 26.6. The Labute approximate surface area is 430 Å². The van der Waals surface area contributed by atoms with E-state index in [0.717, 1.165) is 56.2 Å². The third kappa shape index (κ3) is 48.8. The molecule has 0 saturated carbocycles. The highest BCUT2D eigenvalue weighted by Gasteiger charge is 2.11. The quantitative estimate of drug-likeness (QED) is 0.00680. The zero-order chi connectivity index (χ0) is 55.7. The summed E-state index contributed by atoms with van der Waals surface area (Å²) in [5.41, 5.74) is 24.7. The van der Waals surface area contributed by atoms with Crippen molar-refractivity contribution in [3.05, 3.63) is 114 Å². The highest BCUT2D eigenvalue weighted by atomic mass is 16.6. The van der Waals surface area contributed by atoms with Crippen molar-refractivity contribution in [2.75, 3.05) is 90.4 Å². The van der Waals surface area contributed by atoms with E-state index in [1.54, 1.807) is 33.5 Å². The first-order valence-electron chi connectivity index (χ1n) is 24.6. The first-order valence-corrected chi connectivity index (χ1v) is 24.6. The lowest BCUT2D eigenvalue weighted by Gasteiger charge is -2.25. The summed E-state index contributed by atoms with van der Waals surface area (Å²) >= 11 is 0. The van der Waals surface area contributed by atoms with Crippen LogP contribution in [0.15, 0.2) is 98.5 Å². The van der Waals surface area contributed by atoms with Gasteiger partial charge in [0.25, 0.3) is 5.69 Å². The van der Waals surface area contributed by atoms with Crippen LogP contribution in [-0.4, -0.2) is 91.5 Å². The molecule has 16 heteroatoms. The molecule has 2 atom stereocenters. The minimum absolute atomic E-state index is 0.124. The van der Waals surface area contributed by atoms with Gasteiger partial charge in [-0.2, -0.15) is 5.26 Å². The fourth-order valence-corrected chi connectivity index (χ4v) is 5.32. The number of nitro benzene ring substituents is 1. The monoisotopic (exact) mass is 1000 g/mol.